The lowest BCUT2D eigenvalue weighted by molar-refractivity contribution is -0.133. The number of methoxy groups -OCH3 is 2. The molecule has 0 unspecified atom stereocenters. The van der Waals surface area contributed by atoms with Gasteiger partial charge < -0.3 is 20.1 Å². The van der Waals surface area contributed by atoms with Crippen LogP contribution in [0.4, 0.5) is 11.4 Å². The molecule has 0 aromatic heterocycles. The van der Waals surface area contributed by atoms with Crippen molar-refractivity contribution < 1.29 is 19.1 Å². The van der Waals surface area contributed by atoms with Crippen molar-refractivity contribution in [1.82, 2.24) is 0 Å². The summed E-state index contributed by atoms with van der Waals surface area (Å²) < 4.78 is 10.4. The van der Waals surface area contributed by atoms with Gasteiger partial charge in [0.2, 0.25) is 0 Å². The summed E-state index contributed by atoms with van der Waals surface area (Å²) in [4.78, 5) is 24.3. The van der Waals surface area contributed by atoms with E-state index in [2.05, 4.69) is 10.6 Å². The Morgan fingerprint density at radius 2 is 1.12 bits per heavy atom. The lowest BCUT2D eigenvalue weighted by Crippen LogP contribution is -2.29. The number of anilines is 2. The minimum Gasteiger partial charge on any atom is -0.495 e. The third kappa shape index (κ3) is 4.04. The molecule has 0 saturated carbocycles. The monoisotopic (exact) mass is 328 g/mol. The van der Waals surface area contributed by atoms with Crippen molar-refractivity contribution in [3.63, 3.8) is 0 Å². The molecule has 0 aliphatic rings. The highest BCUT2D eigenvalue weighted by Crippen LogP contribution is 2.26. The van der Waals surface area contributed by atoms with E-state index < -0.39 is 11.8 Å². The molecule has 0 atom stereocenters. The third-order valence-electron chi connectivity index (χ3n) is 3.41. The van der Waals surface area contributed by atoms with Crippen LogP contribution in [0.2, 0.25) is 0 Å². The summed E-state index contributed by atoms with van der Waals surface area (Å²) in [5.41, 5.74) is 2.75. The van der Waals surface area contributed by atoms with Crippen molar-refractivity contribution in [2.75, 3.05) is 24.9 Å². The van der Waals surface area contributed by atoms with Crippen molar-refractivity contribution in [2.45, 2.75) is 13.8 Å². The van der Waals surface area contributed by atoms with E-state index in [1.807, 2.05) is 26.0 Å². The van der Waals surface area contributed by atoms with Crippen LogP contribution in [0.15, 0.2) is 36.4 Å². The van der Waals surface area contributed by atoms with E-state index in [1.165, 1.54) is 14.2 Å². The van der Waals surface area contributed by atoms with Gasteiger partial charge in [-0.05, 0) is 49.2 Å². The highest BCUT2D eigenvalue weighted by atomic mass is 16.5. The quantitative estimate of drug-likeness (QED) is 0.846. The Morgan fingerprint density at radius 3 is 1.46 bits per heavy atom. The number of carbonyl (C=O) groups excluding carboxylic acids is 2. The van der Waals surface area contributed by atoms with Crippen LogP contribution in [0.25, 0.3) is 0 Å². The fourth-order valence-corrected chi connectivity index (χ4v) is 2.20. The molecule has 126 valence electrons. The molecule has 6 nitrogen and oxygen atoms in total. The molecular formula is C18H20N2O4. The Kier molecular flexibility index (Phi) is 5.42. The van der Waals surface area contributed by atoms with E-state index in [-0.39, 0.29) is 0 Å². The molecule has 0 saturated heterocycles. The lowest BCUT2D eigenvalue weighted by atomic mass is 10.2. The van der Waals surface area contributed by atoms with Gasteiger partial charge in [0.1, 0.15) is 11.5 Å². The van der Waals surface area contributed by atoms with Gasteiger partial charge in [0.15, 0.2) is 0 Å². The number of amides is 2. The first kappa shape index (κ1) is 17.3. The van der Waals surface area contributed by atoms with Crippen molar-refractivity contribution in [2.24, 2.45) is 0 Å². The van der Waals surface area contributed by atoms with Crippen molar-refractivity contribution in [1.29, 1.82) is 0 Å². The fourth-order valence-electron chi connectivity index (χ4n) is 2.20. The molecule has 0 aliphatic heterocycles. The molecule has 6 heteroatoms. The lowest BCUT2D eigenvalue weighted by Gasteiger charge is -2.13. The SMILES string of the molecule is COc1ccc(C)cc1NC(=O)C(=O)Nc1cc(C)ccc1OC. The van der Waals surface area contributed by atoms with Gasteiger partial charge in [0.05, 0.1) is 25.6 Å². The molecule has 0 fully saturated rings. The first-order valence-corrected chi connectivity index (χ1v) is 7.36. The van der Waals surface area contributed by atoms with Crippen molar-refractivity contribution in [3.05, 3.63) is 47.5 Å². The molecule has 0 radical (unpaired) electrons. The Bertz CT molecular complexity index is 706. The summed E-state index contributed by atoms with van der Waals surface area (Å²) >= 11 is 0. The van der Waals surface area contributed by atoms with Gasteiger partial charge in [-0.25, -0.2) is 0 Å². The Balaban J connectivity index is 2.15. The molecule has 0 heterocycles. The average molecular weight is 328 g/mol. The van der Waals surface area contributed by atoms with Crippen molar-refractivity contribution >= 4 is 23.2 Å². The standard InChI is InChI=1S/C18H20N2O4/c1-11-5-7-15(23-3)13(9-11)19-17(21)18(22)20-14-10-12(2)6-8-16(14)24-4/h5-10H,1-4H3,(H,19,21)(H,20,22). The van der Waals surface area contributed by atoms with Crippen LogP contribution in [0, 0.1) is 13.8 Å². The van der Waals surface area contributed by atoms with Crippen LogP contribution in [-0.2, 0) is 9.59 Å². The van der Waals surface area contributed by atoms with Crippen LogP contribution in [0.3, 0.4) is 0 Å². The first-order valence-electron chi connectivity index (χ1n) is 7.36. The minimum absolute atomic E-state index is 0.439. The van der Waals surface area contributed by atoms with Gasteiger partial charge in [0, 0.05) is 0 Å². The number of hydrogen-bond acceptors (Lipinski definition) is 4. The van der Waals surface area contributed by atoms with Gasteiger partial charge in [-0.1, -0.05) is 12.1 Å². The maximum atomic E-state index is 12.2. The first-order chi connectivity index (χ1) is 11.4. The predicted octanol–water partition coefficient (Wildman–Crippen LogP) is 2.90. The van der Waals surface area contributed by atoms with Gasteiger partial charge in [0.25, 0.3) is 0 Å². The number of hydrogen-bond donors (Lipinski definition) is 2. The summed E-state index contributed by atoms with van der Waals surface area (Å²) in [5, 5.41) is 5.12. The zero-order chi connectivity index (χ0) is 17.7. The molecule has 0 bridgehead atoms. The molecule has 2 N–H and O–H groups in total. The molecule has 2 amide bonds. The number of carbonyl (C=O) groups is 2. The maximum Gasteiger partial charge on any atom is 0.314 e. The second kappa shape index (κ2) is 7.50. The third-order valence-corrected chi connectivity index (χ3v) is 3.41. The molecule has 0 aliphatic carbocycles. The summed E-state index contributed by atoms with van der Waals surface area (Å²) in [5.74, 6) is -0.616. The van der Waals surface area contributed by atoms with Crippen LogP contribution in [0.1, 0.15) is 11.1 Å². The van der Waals surface area contributed by atoms with Crippen LogP contribution >= 0.6 is 0 Å². The summed E-state index contributed by atoms with van der Waals surface area (Å²) in [7, 11) is 3.00. The number of benzene rings is 2. The van der Waals surface area contributed by atoms with Crippen LogP contribution < -0.4 is 20.1 Å². The zero-order valence-corrected chi connectivity index (χ0v) is 14.1. The van der Waals surface area contributed by atoms with E-state index in [9.17, 15) is 9.59 Å². The molecule has 24 heavy (non-hydrogen) atoms. The number of ether oxygens (including phenoxy) is 2. The highest BCUT2D eigenvalue weighted by molar-refractivity contribution is 6.44. The number of rotatable bonds is 4. The summed E-state index contributed by atoms with van der Waals surface area (Å²) in [6.07, 6.45) is 0. The largest absolute Gasteiger partial charge is 0.495 e. The van der Waals surface area contributed by atoms with E-state index in [1.54, 1.807) is 24.3 Å². The van der Waals surface area contributed by atoms with Gasteiger partial charge in [-0.3, -0.25) is 9.59 Å². The second-order valence-electron chi connectivity index (χ2n) is 5.32. The van der Waals surface area contributed by atoms with E-state index in [4.69, 9.17) is 9.47 Å². The van der Waals surface area contributed by atoms with Crippen LogP contribution in [-0.4, -0.2) is 26.0 Å². The van der Waals surface area contributed by atoms with Crippen LogP contribution in [0.5, 0.6) is 11.5 Å². The number of nitrogens with one attached hydrogen (secondary N) is 2. The van der Waals surface area contributed by atoms with E-state index >= 15 is 0 Å². The van der Waals surface area contributed by atoms with Crippen molar-refractivity contribution in [3.8, 4) is 11.5 Å². The Labute approximate surface area is 140 Å². The van der Waals surface area contributed by atoms with Gasteiger partial charge in [-0.2, -0.15) is 0 Å². The fraction of sp³-hybridized carbons (Fsp3) is 0.222. The normalized spacial score (nSPS) is 10.0. The average Bonchev–Trinajstić information content (AvgIpc) is 2.55. The maximum absolute atomic E-state index is 12.2. The smallest absolute Gasteiger partial charge is 0.314 e. The number of aryl methyl sites for hydroxylation is 2. The molecule has 0 spiro atoms. The Hall–Kier alpha value is -3.02. The molecule has 2 aromatic rings. The highest BCUT2D eigenvalue weighted by Gasteiger charge is 2.18. The molecule has 2 rings (SSSR count). The Morgan fingerprint density at radius 1 is 0.750 bits per heavy atom. The van der Waals surface area contributed by atoms with E-state index in [0.717, 1.165) is 11.1 Å². The molecule has 2 aromatic carbocycles. The van der Waals surface area contributed by atoms with Gasteiger partial charge >= 0.3 is 11.8 Å². The minimum atomic E-state index is -0.789. The predicted molar refractivity (Wildman–Crippen MR) is 92.7 cm³/mol. The summed E-state index contributed by atoms with van der Waals surface area (Å²) in [6, 6.07) is 10.6. The zero-order valence-electron chi connectivity index (χ0n) is 14.1. The molecular weight excluding hydrogens is 308 g/mol. The topological polar surface area (TPSA) is 76.7 Å². The van der Waals surface area contributed by atoms with Gasteiger partial charge in [-0.15, -0.1) is 0 Å². The van der Waals surface area contributed by atoms with E-state index in [0.29, 0.717) is 22.9 Å². The second-order valence-corrected chi connectivity index (χ2v) is 5.32. The summed E-state index contributed by atoms with van der Waals surface area (Å²) in [6.45, 7) is 3.76.